The summed E-state index contributed by atoms with van der Waals surface area (Å²) in [5.74, 6) is 1.66. The maximum absolute atomic E-state index is 11.9. The van der Waals surface area contributed by atoms with E-state index in [0.717, 1.165) is 16.7 Å². The molecule has 2 aromatic heterocycles. The Kier molecular flexibility index (Phi) is 4.52. The summed E-state index contributed by atoms with van der Waals surface area (Å²) in [5.41, 5.74) is 2.34. The molecule has 4 rings (SSSR count). The first-order chi connectivity index (χ1) is 12.8. The SMILES string of the molecule is O=c1nc(SCc2cccc(-c3nn[nH]n3)c2)nc(-c2ccccc2)[nH]1. The van der Waals surface area contributed by atoms with Crippen LogP contribution in [0.25, 0.3) is 22.8 Å². The summed E-state index contributed by atoms with van der Waals surface area (Å²) in [7, 11) is 0. The standard InChI is InChI=1S/C17H13N7OS/c25-16-18-14(12-6-2-1-3-7-12)19-17(20-16)26-10-11-5-4-8-13(9-11)15-21-23-24-22-15/h1-9H,10H2,(H,18,19,20,25)(H,21,22,23,24). The topological polar surface area (TPSA) is 113 Å². The highest BCUT2D eigenvalue weighted by Gasteiger charge is 2.08. The average Bonchev–Trinajstić information content (AvgIpc) is 3.22. The molecule has 0 radical (unpaired) electrons. The van der Waals surface area contributed by atoms with Gasteiger partial charge >= 0.3 is 5.69 Å². The van der Waals surface area contributed by atoms with E-state index in [0.29, 0.717) is 22.6 Å². The largest absolute Gasteiger partial charge is 0.349 e. The van der Waals surface area contributed by atoms with E-state index in [2.05, 4.69) is 35.6 Å². The Morgan fingerprint density at radius 2 is 1.81 bits per heavy atom. The van der Waals surface area contributed by atoms with Gasteiger partial charge in [0.25, 0.3) is 0 Å². The van der Waals surface area contributed by atoms with Gasteiger partial charge in [0.1, 0.15) is 5.82 Å². The first-order valence-corrected chi connectivity index (χ1v) is 8.76. The van der Waals surface area contributed by atoms with Crippen LogP contribution in [0.5, 0.6) is 0 Å². The van der Waals surface area contributed by atoms with Crippen molar-refractivity contribution in [1.82, 2.24) is 35.6 Å². The van der Waals surface area contributed by atoms with Gasteiger partial charge in [-0.3, -0.25) is 4.98 Å². The molecule has 0 bridgehead atoms. The third kappa shape index (κ3) is 3.67. The Balaban J connectivity index is 1.54. The summed E-state index contributed by atoms with van der Waals surface area (Å²) < 4.78 is 0. The molecule has 0 atom stereocenters. The molecule has 0 fully saturated rings. The zero-order valence-corrected chi connectivity index (χ0v) is 14.3. The second kappa shape index (κ2) is 7.28. The third-order valence-electron chi connectivity index (χ3n) is 3.58. The van der Waals surface area contributed by atoms with Crippen LogP contribution in [0.15, 0.2) is 64.5 Å². The number of rotatable bonds is 5. The second-order valence-electron chi connectivity index (χ2n) is 5.38. The number of nitrogens with one attached hydrogen (secondary N) is 2. The van der Waals surface area contributed by atoms with E-state index in [1.807, 2.05) is 54.6 Å². The lowest BCUT2D eigenvalue weighted by atomic mass is 10.1. The minimum absolute atomic E-state index is 0.415. The van der Waals surface area contributed by atoms with E-state index in [9.17, 15) is 4.79 Å². The van der Waals surface area contributed by atoms with Gasteiger partial charge in [-0.25, -0.2) is 9.78 Å². The number of benzene rings is 2. The van der Waals surface area contributed by atoms with Gasteiger partial charge in [0.2, 0.25) is 5.82 Å². The van der Waals surface area contributed by atoms with Gasteiger partial charge in [-0.2, -0.15) is 10.2 Å². The molecule has 2 heterocycles. The number of aromatic amines is 2. The molecule has 0 aliphatic rings. The van der Waals surface area contributed by atoms with E-state index >= 15 is 0 Å². The Morgan fingerprint density at radius 3 is 2.62 bits per heavy atom. The van der Waals surface area contributed by atoms with E-state index in [1.54, 1.807) is 0 Å². The maximum atomic E-state index is 11.9. The van der Waals surface area contributed by atoms with Crippen LogP contribution in [0.4, 0.5) is 0 Å². The van der Waals surface area contributed by atoms with Crippen molar-refractivity contribution in [3.8, 4) is 22.8 Å². The van der Waals surface area contributed by atoms with Gasteiger partial charge in [-0.15, -0.1) is 10.2 Å². The molecule has 2 N–H and O–H groups in total. The lowest BCUT2D eigenvalue weighted by Gasteiger charge is -2.04. The molecule has 4 aromatic rings. The molecule has 9 heteroatoms. The lowest BCUT2D eigenvalue weighted by Crippen LogP contribution is -2.14. The fourth-order valence-electron chi connectivity index (χ4n) is 2.39. The molecule has 0 spiro atoms. The van der Waals surface area contributed by atoms with Gasteiger partial charge < -0.3 is 0 Å². The van der Waals surface area contributed by atoms with E-state index < -0.39 is 5.69 Å². The van der Waals surface area contributed by atoms with E-state index in [4.69, 9.17) is 0 Å². The van der Waals surface area contributed by atoms with Crippen molar-refractivity contribution in [3.05, 3.63) is 70.6 Å². The number of thioether (sulfide) groups is 1. The smallest absolute Gasteiger partial charge is 0.290 e. The van der Waals surface area contributed by atoms with Crippen LogP contribution >= 0.6 is 11.8 Å². The van der Waals surface area contributed by atoms with Crippen LogP contribution in [0, 0.1) is 0 Å². The first kappa shape index (κ1) is 16.2. The molecule has 0 saturated carbocycles. The van der Waals surface area contributed by atoms with Crippen molar-refractivity contribution in [2.45, 2.75) is 10.9 Å². The lowest BCUT2D eigenvalue weighted by molar-refractivity contribution is 0.870. The Morgan fingerprint density at radius 1 is 0.962 bits per heavy atom. The summed E-state index contributed by atoms with van der Waals surface area (Å²) >= 11 is 1.40. The minimum atomic E-state index is -0.415. The van der Waals surface area contributed by atoms with Gasteiger partial charge in [0.05, 0.1) is 0 Å². The predicted molar refractivity (Wildman–Crippen MR) is 97.3 cm³/mol. The fraction of sp³-hybridized carbons (Fsp3) is 0.0588. The quantitative estimate of drug-likeness (QED) is 0.523. The van der Waals surface area contributed by atoms with Crippen molar-refractivity contribution in [3.63, 3.8) is 0 Å². The summed E-state index contributed by atoms with van der Waals surface area (Å²) in [5, 5.41) is 14.4. The van der Waals surface area contributed by atoms with Crippen molar-refractivity contribution in [1.29, 1.82) is 0 Å². The van der Waals surface area contributed by atoms with Crippen molar-refractivity contribution >= 4 is 11.8 Å². The fourth-order valence-corrected chi connectivity index (χ4v) is 3.17. The highest BCUT2D eigenvalue weighted by atomic mass is 32.2. The summed E-state index contributed by atoms with van der Waals surface area (Å²) in [4.78, 5) is 22.9. The highest BCUT2D eigenvalue weighted by molar-refractivity contribution is 7.98. The van der Waals surface area contributed by atoms with Crippen LogP contribution in [0.3, 0.4) is 0 Å². The highest BCUT2D eigenvalue weighted by Crippen LogP contribution is 2.23. The molecular weight excluding hydrogens is 350 g/mol. The summed E-state index contributed by atoms with van der Waals surface area (Å²) in [6, 6.07) is 17.3. The summed E-state index contributed by atoms with van der Waals surface area (Å²) in [6.07, 6.45) is 0. The zero-order chi connectivity index (χ0) is 17.8. The molecular formula is C17H13N7OS. The number of H-pyrrole nitrogens is 2. The monoisotopic (exact) mass is 363 g/mol. The van der Waals surface area contributed by atoms with Crippen LogP contribution < -0.4 is 5.69 Å². The maximum Gasteiger partial charge on any atom is 0.349 e. The van der Waals surface area contributed by atoms with Crippen LogP contribution in [-0.4, -0.2) is 35.6 Å². The Hall–Kier alpha value is -3.33. The summed E-state index contributed by atoms with van der Waals surface area (Å²) in [6.45, 7) is 0. The van der Waals surface area contributed by atoms with Crippen molar-refractivity contribution in [2.75, 3.05) is 0 Å². The number of aromatic nitrogens is 7. The van der Waals surface area contributed by atoms with Gasteiger partial charge in [0, 0.05) is 16.9 Å². The van der Waals surface area contributed by atoms with Crippen LogP contribution in [0.2, 0.25) is 0 Å². The molecule has 128 valence electrons. The minimum Gasteiger partial charge on any atom is -0.290 e. The van der Waals surface area contributed by atoms with E-state index in [-0.39, 0.29) is 0 Å². The normalized spacial score (nSPS) is 10.8. The zero-order valence-electron chi connectivity index (χ0n) is 13.5. The molecule has 0 saturated heterocycles. The van der Waals surface area contributed by atoms with Crippen molar-refractivity contribution < 1.29 is 0 Å². The number of nitrogens with zero attached hydrogens (tertiary/aromatic N) is 5. The van der Waals surface area contributed by atoms with Gasteiger partial charge in [0.15, 0.2) is 5.16 Å². The third-order valence-corrected chi connectivity index (χ3v) is 4.49. The van der Waals surface area contributed by atoms with Gasteiger partial charge in [-0.1, -0.05) is 60.3 Å². The molecule has 8 nitrogen and oxygen atoms in total. The molecule has 0 amide bonds. The van der Waals surface area contributed by atoms with E-state index in [1.165, 1.54) is 11.8 Å². The number of hydrogen-bond acceptors (Lipinski definition) is 7. The second-order valence-corrected chi connectivity index (χ2v) is 6.32. The Bertz CT molecular complexity index is 1060. The molecule has 0 unspecified atom stereocenters. The molecule has 0 aliphatic carbocycles. The van der Waals surface area contributed by atoms with Gasteiger partial charge in [-0.05, 0) is 16.8 Å². The average molecular weight is 363 g/mol. The molecule has 2 aromatic carbocycles. The number of tetrazole rings is 1. The van der Waals surface area contributed by atoms with Crippen LogP contribution in [-0.2, 0) is 5.75 Å². The number of hydrogen-bond donors (Lipinski definition) is 2. The molecule has 0 aliphatic heterocycles. The van der Waals surface area contributed by atoms with Crippen LogP contribution in [0.1, 0.15) is 5.56 Å². The molecule has 26 heavy (non-hydrogen) atoms. The van der Waals surface area contributed by atoms with Crippen molar-refractivity contribution in [2.24, 2.45) is 0 Å². The first-order valence-electron chi connectivity index (χ1n) is 7.77. The predicted octanol–water partition coefficient (Wildman–Crippen LogP) is 2.30. The Labute approximate surface area is 152 Å².